The summed E-state index contributed by atoms with van der Waals surface area (Å²) in [6, 6.07) is 0. The van der Waals surface area contributed by atoms with Crippen LogP contribution in [-0.2, 0) is 9.53 Å². The van der Waals surface area contributed by atoms with Crippen LogP contribution in [-0.4, -0.2) is 12.6 Å². The molecule has 0 fully saturated rings. The fraction of sp³-hybridized carbons (Fsp3) is 0.706. The van der Waals surface area contributed by atoms with Crippen molar-refractivity contribution in [2.45, 2.75) is 72.6 Å². The Bertz CT molecular complexity index is 296. The summed E-state index contributed by atoms with van der Waals surface area (Å²) in [4.78, 5) is 11.4. The molecule has 110 valence electrons. The number of hydrogen-bond acceptors (Lipinski definition) is 2. The Balaban J connectivity index is 3.63. The second-order valence-corrected chi connectivity index (χ2v) is 5.36. The Morgan fingerprint density at radius 1 is 1.00 bits per heavy atom. The molecule has 0 saturated heterocycles. The second kappa shape index (κ2) is 12.0. The molecule has 0 aromatic heterocycles. The lowest BCUT2D eigenvalue weighted by Gasteiger charge is -2.03. The van der Waals surface area contributed by atoms with Gasteiger partial charge in [-0.25, -0.2) is 0 Å². The van der Waals surface area contributed by atoms with Crippen LogP contribution in [0, 0.1) is 0 Å². The maximum Gasteiger partial charge on any atom is 0.306 e. The minimum Gasteiger partial charge on any atom is -0.461 e. The summed E-state index contributed by atoms with van der Waals surface area (Å²) in [5, 5.41) is 0. The Morgan fingerprint density at radius 3 is 2.37 bits per heavy atom. The first-order valence-corrected chi connectivity index (χ1v) is 7.50. The minimum absolute atomic E-state index is 0.0653. The molecule has 19 heavy (non-hydrogen) atoms. The predicted molar refractivity (Wildman–Crippen MR) is 82.1 cm³/mol. The fourth-order valence-corrected chi connectivity index (χ4v) is 1.74. The van der Waals surface area contributed by atoms with E-state index < -0.39 is 0 Å². The minimum atomic E-state index is -0.0653. The molecule has 0 saturated carbocycles. The molecule has 0 unspecified atom stereocenters. The van der Waals surface area contributed by atoms with Crippen LogP contribution in [0.15, 0.2) is 23.3 Å². The lowest BCUT2D eigenvalue weighted by Crippen LogP contribution is -2.04. The quantitative estimate of drug-likeness (QED) is 0.309. The molecule has 0 bridgehead atoms. The van der Waals surface area contributed by atoms with Gasteiger partial charge in [0, 0.05) is 6.42 Å². The van der Waals surface area contributed by atoms with Gasteiger partial charge >= 0.3 is 5.97 Å². The molecule has 2 nitrogen and oxygen atoms in total. The van der Waals surface area contributed by atoms with Crippen LogP contribution in [0.3, 0.4) is 0 Å². The molecule has 0 aromatic rings. The highest BCUT2D eigenvalue weighted by atomic mass is 16.5. The van der Waals surface area contributed by atoms with Crippen molar-refractivity contribution in [3.05, 3.63) is 23.3 Å². The van der Waals surface area contributed by atoms with Crippen LogP contribution >= 0.6 is 0 Å². The van der Waals surface area contributed by atoms with Crippen molar-refractivity contribution in [1.29, 1.82) is 0 Å². The number of allylic oxidation sites excluding steroid dienone is 3. The molecule has 0 spiro atoms. The molecule has 2 heteroatoms. The summed E-state index contributed by atoms with van der Waals surface area (Å²) in [7, 11) is 0. The standard InChI is InChI=1S/C17H30O2/c1-5-6-7-8-12-17(18)19-14-13-16(4)11-9-10-15(2)3/h10,13H,5-9,11-12,14H2,1-4H3/b16-13+. The van der Waals surface area contributed by atoms with Gasteiger partial charge in [-0.1, -0.05) is 43.4 Å². The molecule has 0 aliphatic carbocycles. The van der Waals surface area contributed by atoms with Gasteiger partial charge in [0.1, 0.15) is 6.61 Å². The zero-order chi connectivity index (χ0) is 14.5. The molecule has 0 aromatic carbocycles. The second-order valence-electron chi connectivity index (χ2n) is 5.36. The van der Waals surface area contributed by atoms with Gasteiger partial charge < -0.3 is 4.74 Å². The normalized spacial score (nSPS) is 11.3. The first-order chi connectivity index (χ1) is 9.06. The number of ether oxygens (including phenoxy) is 1. The van der Waals surface area contributed by atoms with Crippen molar-refractivity contribution in [2.75, 3.05) is 6.61 Å². The Morgan fingerprint density at radius 2 is 1.74 bits per heavy atom. The molecule has 0 amide bonds. The first kappa shape index (κ1) is 17.9. The van der Waals surface area contributed by atoms with Crippen molar-refractivity contribution < 1.29 is 9.53 Å². The van der Waals surface area contributed by atoms with E-state index in [-0.39, 0.29) is 5.97 Å². The van der Waals surface area contributed by atoms with E-state index in [1.165, 1.54) is 24.0 Å². The van der Waals surface area contributed by atoms with Gasteiger partial charge in [0.15, 0.2) is 0 Å². The van der Waals surface area contributed by atoms with Crippen LogP contribution < -0.4 is 0 Å². The summed E-state index contributed by atoms with van der Waals surface area (Å²) in [6.07, 6.45) is 11.4. The third kappa shape index (κ3) is 13.2. The monoisotopic (exact) mass is 266 g/mol. The summed E-state index contributed by atoms with van der Waals surface area (Å²) >= 11 is 0. The third-order valence-corrected chi connectivity index (χ3v) is 3.00. The van der Waals surface area contributed by atoms with E-state index in [9.17, 15) is 4.79 Å². The van der Waals surface area contributed by atoms with E-state index in [1.807, 2.05) is 6.08 Å². The van der Waals surface area contributed by atoms with E-state index in [0.717, 1.165) is 25.7 Å². The number of unbranched alkanes of at least 4 members (excludes halogenated alkanes) is 3. The van der Waals surface area contributed by atoms with Gasteiger partial charge in [-0.3, -0.25) is 4.79 Å². The number of rotatable bonds is 10. The maximum atomic E-state index is 11.4. The molecule has 0 radical (unpaired) electrons. The first-order valence-electron chi connectivity index (χ1n) is 7.50. The van der Waals surface area contributed by atoms with Crippen LogP contribution in [0.25, 0.3) is 0 Å². The molecule has 0 N–H and O–H groups in total. The van der Waals surface area contributed by atoms with Crippen molar-refractivity contribution in [2.24, 2.45) is 0 Å². The largest absolute Gasteiger partial charge is 0.461 e. The van der Waals surface area contributed by atoms with Gasteiger partial charge in [0.05, 0.1) is 0 Å². The Labute approximate surface area is 118 Å². The van der Waals surface area contributed by atoms with Crippen LogP contribution in [0.1, 0.15) is 72.6 Å². The molecule has 0 rings (SSSR count). The predicted octanol–water partition coefficient (Wildman–Crippen LogP) is 5.19. The lowest BCUT2D eigenvalue weighted by molar-refractivity contribution is -0.142. The fourth-order valence-electron chi connectivity index (χ4n) is 1.74. The summed E-state index contributed by atoms with van der Waals surface area (Å²) in [5.74, 6) is -0.0653. The highest BCUT2D eigenvalue weighted by Crippen LogP contribution is 2.07. The molecule has 0 aliphatic heterocycles. The van der Waals surface area contributed by atoms with Gasteiger partial charge in [-0.15, -0.1) is 0 Å². The average molecular weight is 266 g/mol. The summed E-state index contributed by atoms with van der Waals surface area (Å²) < 4.78 is 5.19. The zero-order valence-corrected chi connectivity index (χ0v) is 13.1. The van der Waals surface area contributed by atoms with E-state index in [1.54, 1.807) is 0 Å². The average Bonchev–Trinajstić information content (AvgIpc) is 2.34. The van der Waals surface area contributed by atoms with E-state index in [4.69, 9.17) is 4.74 Å². The molecule has 0 atom stereocenters. The molecular formula is C17H30O2. The molecular weight excluding hydrogens is 236 g/mol. The van der Waals surface area contributed by atoms with Gasteiger partial charge in [-0.2, -0.15) is 0 Å². The van der Waals surface area contributed by atoms with Crippen molar-refractivity contribution >= 4 is 5.97 Å². The highest BCUT2D eigenvalue weighted by molar-refractivity contribution is 5.69. The van der Waals surface area contributed by atoms with Gasteiger partial charge in [0.2, 0.25) is 0 Å². The third-order valence-electron chi connectivity index (χ3n) is 3.00. The molecule has 0 aliphatic rings. The summed E-state index contributed by atoms with van der Waals surface area (Å²) in [5.41, 5.74) is 2.64. The van der Waals surface area contributed by atoms with Crippen LogP contribution in [0.5, 0.6) is 0 Å². The highest BCUT2D eigenvalue weighted by Gasteiger charge is 2.01. The summed E-state index contributed by atoms with van der Waals surface area (Å²) in [6.45, 7) is 8.90. The lowest BCUT2D eigenvalue weighted by atomic mass is 10.1. The van der Waals surface area contributed by atoms with E-state index in [0.29, 0.717) is 13.0 Å². The Kier molecular flexibility index (Phi) is 11.3. The maximum absolute atomic E-state index is 11.4. The Hall–Kier alpha value is -1.05. The van der Waals surface area contributed by atoms with E-state index in [2.05, 4.69) is 33.8 Å². The number of hydrogen-bond donors (Lipinski definition) is 0. The van der Waals surface area contributed by atoms with Crippen molar-refractivity contribution in [1.82, 2.24) is 0 Å². The van der Waals surface area contributed by atoms with Crippen molar-refractivity contribution in [3.8, 4) is 0 Å². The number of carbonyl (C=O) groups is 1. The van der Waals surface area contributed by atoms with Crippen LogP contribution in [0.2, 0.25) is 0 Å². The van der Waals surface area contributed by atoms with Gasteiger partial charge in [0.25, 0.3) is 0 Å². The topological polar surface area (TPSA) is 26.3 Å². The zero-order valence-electron chi connectivity index (χ0n) is 13.1. The van der Waals surface area contributed by atoms with E-state index >= 15 is 0 Å². The SMILES string of the molecule is CCCCCCC(=O)OC/C=C(\C)CCC=C(C)C. The van der Waals surface area contributed by atoms with Gasteiger partial charge in [-0.05, 0) is 46.1 Å². The number of carbonyl (C=O) groups excluding carboxylic acids is 1. The smallest absolute Gasteiger partial charge is 0.306 e. The molecule has 0 heterocycles. The van der Waals surface area contributed by atoms with Crippen LogP contribution in [0.4, 0.5) is 0 Å². The number of esters is 1. The van der Waals surface area contributed by atoms with Crippen molar-refractivity contribution in [3.63, 3.8) is 0 Å².